The summed E-state index contributed by atoms with van der Waals surface area (Å²) >= 11 is 5.89. The number of benzene rings is 1. The van der Waals surface area contributed by atoms with Crippen molar-refractivity contribution in [2.45, 2.75) is 26.0 Å². The molecule has 1 aromatic rings. The second-order valence-electron chi connectivity index (χ2n) is 4.92. The lowest BCUT2D eigenvalue weighted by molar-refractivity contribution is -0.140. The highest BCUT2D eigenvalue weighted by Crippen LogP contribution is 2.26. The van der Waals surface area contributed by atoms with E-state index in [1.165, 1.54) is 18.2 Å². The molecule has 1 saturated heterocycles. The lowest BCUT2D eigenvalue weighted by Crippen LogP contribution is -2.55. The van der Waals surface area contributed by atoms with Crippen LogP contribution >= 0.6 is 24.0 Å². The molecule has 1 N–H and O–H groups in total. The highest BCUT2D eigenvalue weighted by Gasteiger charge is 2.28. The number of nitrogens with zero attached hydrogens (tertiary/aromatic N) is 1. The summed E-state index contributed by atoms with van der Waals surface area (Å²) in [5, 5.41) is 3.39. The Hall–Kier alpha value is -1.04. The van der Waals surface area contributed by atoms with Gasteiger partial charge in [-0.25, -0.2) is 4.39 Å². The van der Waals surface area contributed by atoms with Crippen molar-refractivity contribution in [3.8, 4) is 5.75 Å². The van der Waals surface area contributed by atoms with Crippen molar-refractivity contribution < 1.29 is 13.9 Å². The summed E-state index contributed by atoms with van der Waals surface area (Å²) in [4.78, 5) is 14.1. The molecule has 0 aromatic heterocycles. The summed E-state index contributed by atoms with van der Waals surface area (Å²) in [6, 6.07) is 3.99. The Labute approximate surface area is 135 Å². The van der Waals surface area contributed by atoms with E-state index in [2.05, 4.69) is 5.32 Å². The molecule has 2 atom stereocenters. The summed E-state index contributed by atoms with van der Waals surface area (Å²) < 4.78 is 18.5. The van der Waals surface area contributed by atoms with Crippen molar-refractivity contribution in [2.24, 2.45) is 0 Å². The standard InChI is InChI=1S/C14H18ClFN2O2.ClH/c1-9-8-17-5-6-18(9)14(19)10(2)20-13-4-3-11(16)7-12(13)15;/h3-4,7,9-10,17H,5-6,8H2,1-2H3;1H/t9-,10?;/m1./s1. The van der Waals surface area contributed by atoms with Crippen LogP contribution in [-0.4, -0.2) is 42.6 Å². The fourth-order valence-corrected chi connectivity index (χ4v) is 2.43. The highest BCUT2D eigenvalue weighted by atomic mass is 35.5. The van der Waals surface area contributed by atoms with Gasteiger partial charge in [-0.3, -0.25) is 4.79 Å². The molecule has 0 bridgehead atoms. The van der Waals surface area contributed by atoms with Gasteiger partial charge < -0.3 is 15.0 Å². The van der Waals surface area contributed by atoms with Gasteiger partial charge in [0, 0.05) is 25.7 Å². The summed E-state index contributed by atoms with van der Waals surface area (Å²) in [7, 11) is 0. The molecule has 7 heteroatoms. The van der Waals surface area contributed by atoms with E-state index in [4.69, 9.17) is 16.3 Å². The average molecular weight is 337 g/mol. The molecule has 1 unspecified atom stereocenters. The number of hydrogen-bond donors (Lipinski definition) is 1. The predicted molar refractivity (Wildman–Crippen MR) is 82.8 cm³/mol. The van der Waals surface area contributed by atoms with Crippen LogP contribution in [-0.2, 0) is 4.79 Å². The predicted octanol–water partition coefficient (Wildman–Crippen LogP) is 2.49. The number of carbonyl (C=O) groups is 1. The Balaban J connectivity index is 0.00000220. The maximum absolute atomic E-state index is 13.0. The molecule has 0 saturated carbocycles. The zero-order valence-corrected chi connectivity index (χ0v) is 13.5. The number of hydrogen-bond acceptors (Lipinski definition) is 3. The van der Waals surface area contributed by atoms with Crippen LogP contribution in [0.1, 0.15) is 13.8 Å². The summed E-state index contributed by atoms with van der Waals surface area (Å²) in [6.07, 6.45) is -0.654. The van der Waals surface area contributed by atoms with E-state index < -0.39 is 11.9 Å². The van der Waals surface area contributed by atoms with Gasteiger partial charge in [-0.05, 0) is 32.0 Å². The van der Waals surface area contributed by atoms with Crippen LogP contribution in [0.3, 0.4) is 0 Å². The molecule has 4 nitrogen and oxygen atoms in total. The van der Waals surface area contributed by atoms with Crippen molar-refractivity contribution in [1.82, 2.24) is 10.2 Å². The number of amides is 1. The number of halogens is 3. The number of ether oxygens (including phenoxy) is 1. The smallest absolute Gasteiger partial charge is 0.263 e. The summed E-state index contributed by atoms with van der Waals surface area (Å²) in [6.45, 7) is 5.87. The van der Waals surface area contributed by atoms with Crippen LogP contribution < -0.4 is 10.1 Å². The first kappa shape index (κ1) is 18.0. The van der Waals surface area contributed by atoms with Crippen molar-refractivity contribution in [3.63, 3.8) is 0 Å². The van der Waals surface area contributed by atoms with Crippen LogP contribution in [0.4, 0.5) is 4.39 Å². The monoisotopic (exact) mass is 336 g/mol. The van der Waals surface area contributed by atoms with E-state index in [1.807, 2.05) is 6.92 Å². The third kappa shape index (κ3) is 4.46. The van der Waals surface area contributed by atoms with Crippen molar-refractivity contribution >= 4 is 29.9 Å². The first-order valence-corrected chi connectivity index (χ1v) is 6.99. The maximum atomic E-state index is 13.0. The molecule has 1 amide bonds. The Morgan fingerprint density at radius 1 is 1.57 bits per heavy atom. The van der Waals surface area contributed by atoms with Crippen LogP contribution in [0, 0.1) is 5.82 Å². The van der Waals surface area contributed by atoms with Crippen LogP contribution in [0.25, 0.3) is 0 Å². The third-order valence-corrected chi connectivity index (χ3v) is 3.63. The Morgan fingerprint density at radius 2 is 2.29 bits per heavy atom. The molecule has 0 spiro atoms. The van der Waals surface area contributed by atoms with Crippen LogP contribution in [0.15, 0.2) is 18.2 Å². The molecule has 1 aliphatic heterocycles. The molecule has 1 fully saturated rings. The first-order valence-electron chi connectivity index (χ1n) is 6.62. The van der Waals surface area contributed by atoms with Gasteiger partial charge in [-0.1, -0.05) is 11.6 Å². The van der Waals surface area contributed by atoms with E-state index in [9.17, 15) is 9.18 Å². The van der Waals surface area contributed by atoms with Gasteiger partial charge >= 0.3 is 0 Å². The van der Waals surface area contributed by atoms with Crippen molar-refractivity contribution in [1.29, 1.82) is 0 Å². The van der Waals surface area contributed by atoms with Gasteiger partial charge in [-0.15, -0.1) is 12.4 Å². The molecule has 2 rings (SSSR count). The maximum Gasteiger partial charge on any atom is 0.263 e. The Kier molecular flexibility index (Phi) is 6.71. The minimum atomic E-state index is -0.654. The molecule has 1 aromatic carbocycles. The molecule has 118 valence electrons. The van der Waals surface area contributed by atoms with E-state index in [-0.39, 0.29) is 29.4 Å². The van der Waals surface area contributed by atoms with Gasteiger partial charge in [0.2, 0.25) is 0 Å². The fraction of sp³-hybridized carbons (Fsp3) is 0.500. The number of nitrogens with one attached hydrogen (secondary N) is 1. The number of piperazine rings is 1. The van der Waals surface area contributed by atoms with E-state index >= 15 is 0 Å². The molecule has 0 aliphatic carbocycles. The Morgan fingerprint density at radius 3 is 2.90 bits per heavy atom. The highest BCUT2D eigenvalue weighted by molar-refractivity contribution is 6.32. The molecule has 21 heavy (non-hydrogen) atoms. The lowest BCUT2D eigenvalue weighted by Gasteiger charge is -2.35. The quantitative estimate of drug-likeness (QED) is 0.921. The second-order valence-corrected chi connectivity index (χ2v) is 5.33. The molecule has 1 aliphatic rings. The van der Waals surface area contributed by atoms with E-state index in [1.54, 1.807) is 11.8 Å². The first-order chi connectivity index (χ1) is 9.49. The minimum Gasteiger partial charge on any atom is -0.479 e. The number of rotatable bonds is 3. The molecular formula is C14H19Cl2FN2O2. The van der Waals surface area contributed by atoms with E-state index in [0.717, 1.165) is 13.1 Å². The summed E-state index contributed by atoms with van der Waals surface area (Å²) in [5.41, 5.74) is 0. The number of carbonyl (C=O) groups excluding carboxylic acids is 1. The van der Waals surface area contributed by atoms with E-state index in [0.29, 0.717) is 12.3 Å². The SMILES string of the molecule is CC(Oc1ccc(F)cc1Cl)C(=O)N1CCNC[C@H]1C.Cl. The largest absolute Gasteiger partial charge is 0.479 e. The zero-order chi connectivity index (χ0) is 14.7. The van der Waals surface area contributed by atoms with Gasteiger partial charge in [0.25, 0.3) is 5.91 Å². The van der Waals surface area contributed by atoms with Gasteiger partial charge in [0.1, 0.15) is 11.6 Å². The molecule has 0 radical (unpaired) electrons. The topological polar surface area (TPSA) is 41.6 Å². The van der Waals surface area contributed by atoms with Gasteiger partial charge in [-0.2, -0.15) is 0 Å². The average Bonchev–Trinajstić information content (AvgIpc) is 2.41. The molecular weight excluding hydrogens is 318 g/mol. The van der Waals surface area contributed by atoms with Crippen LogP contribution in [0.2, 0.25) is 5.02 Å². The molecule has 1 heterocycles. The Bertz CT molecular complexity index is 502. The van der Waals surface area contributed by atoms with Crippen molar-refractivity contribution in [3.05, 3.63) is 29.0 Å². The van der Waals surface area contributed by atoms with Crippen molar-refractivity contribution in [2.75, 3.05) is 19.6 Å². The van der Waals surface area contributed by atoms with Gasteiger partial charge in [0.15, 0.2) is 6.10 Å². The normalized spacial score (nSPS) is 19.6. The minimum absolute atomic E-state index is 0. The third-order valence-electron chi connectivity index (χ3n) is 3.33. The second kappa shape index (κ2) is 7.82. The van der Waals surface area contributed by atoms with Crippen LogP contribution in [0.5, 0.6) is 5.75 Å². The zero-order valence-electron chi connectivity index (χ0n) is 11.9. The summed E-state index contributed by atoms with van der Waals surface area (Å²) in [5.74, 6) is -0.201. The van der Waals surface area contributed by atoms with Gasteiger partial charge in [0.05, 0.1) is 5.02 Å². The fourth-order valence-electron chi connectivity index (χ4n) is 2.21. The lowest BCUT2D eigenvalue weighted by atomic mass is 10.2.